The SMILES string of the molecule is CC1(C)c2ccccc2-c2ccc(N(c3ccccc3)c3cc(-c4cccc5c4oc4ccccc45)c4oc5ccc6oc7ccccc7c6c5c4c3)cc21. The largest absolute Gasteiger partial charge is 0.456 e. The highest BCUT2D eigenvalue weighted by Crippen LogP contribution is 2.52. The normalized spacial score (nSPS) is 13.4. The van der Waals surface area contributed by atoms with E-state index in [1.54, 1.807) is 0 Å². The first-order valence-corrected chi connectivity index (χ1v) is 18.8. The molecule has 12 rings (SSSR count). The maximum Gasteiger partial charge on any atom is 0.143 e. The van der Waals surface area contributed by atoms with Gasteiger partial charge in [-0.05, 0) is 82.9 Å². The van der Waals surface area contributed by atoms with Gasteiger partial charge in [-0.25, -0.2) is 0 Å². The smallest absolute Gasteiger partial charge is 0.143 e. The number of hydrogen-bond acceptors (Lipinski definition) is 4. The van der Waals surface area contributed by atoms with Gasteiger partial charge in [0.15, 0.2) is 0 Å². The summed E-state index contributed by atoms with van der Waals surface area (Å²) in [6.45, 7) is 4.68. The van der Waals surface area contributed by atoms with Crippen LogP contribution in [-0.4, -0.2) is 0 Å². The number of furan rings is 3. The Balaban J connectivity index is 1.20. The highest BCUT2D eigenvalue weighted by Gasteiger charge is 2.36. The van der Waals surface area contributed by atoms with Gasteiger partial charge < -0.3 is 18.2 Å². The van der Waals surface area contributed by atoms with Gasteiger partial charge in [0.25, 0.3) is 0 Å². The fraction of sp³-hybridized carbons (Fsp3) is 0.0588. The van der Waals surface area contributed by atoms with E-state index in [9.17, 15) is 0 Å². The van der Waals surface area contributed by atoms with Crippen LogP contribution in [0.4, 0.5) is 17.1 Å². The lowest BCUT2D eigenvalue weighted by atomic mass is 9.82. The van der Waals surface area contributed by atoms with Crippen molar-refractivity contribution < 1.29 is 13.3 Å². The van der Waals surface area contributed by atoms with Crippen molar-refractivity contribution in [3.8, 4) is 22.3 Å². The molecular weight excluding hydrogens is 675 g/mol. The summed E-state index contributed by atoms with van der Waals surface area (Å²) in [7, 11) is 0. The van der Waals surface area contributed by atoms with Crippen LogP contribution in [0.3, 0.4) is 0 Å². The van der Waals surface area contributed by atoms with Crippen LogP contribution >= 0.6 is 0 Å². The maximum absolute atomic E-state index is 6.96. The third-order valence-electron chi connectivity index (χ3n) is 11.9. The van der Waals surface area contributed by atoms with Crippen molar-refractivity contribution in [3.05, 3.63) is 175 Å². The van der Waals surface area contributed by atoms with Gasteiger partial charge in [-0.1, -0.05) is 117 Å². The molecule has 4 heteroatoms. The molecule has 0 bridgehead atoms. The average Bonchev–Trinajstić information content (AvgIpc) is 3.96. The quantitative estimate of drug-likeness (QED) is 0.183. The minimum absolute atomic E-state index is 0.148. The fourth-order valence-corrected chi connectivity index (χ4v) is 9.31. The molecule has 0 N–H and O–H groups in total. The summed E-state index contributed by atoms with van der Waals surface area (Å²) < 4.78 is 20.1. The first kappa shape index (κ1) is 30.4. The second-order valence-electron chi connectivity index (χ2n) is 15.2. The van der Waals surface area contributed by atoms with Crippen molar-refractivity contribution in [1.29, 1.82) is 0 Å². The molecule has 3 heterocycles. The molecule has 260 valence electrons. The third kappa shape index (κ3) is 4.22. The predicted molar refractivity (Wildman–Crippen MR) is 226 cm³/mol. The molecular formula is C51H33NO3. The van der Waals surface area contributed by atoms with Gasteiger partial charge in [-0.15, -0.1) is 0 Å². The Morgan fingerprint density at radius 1 is 0.364 bits per heavy atom. The summed E-state index contributed by atoms with van der Waals surface area (Å²) in [6.07, 6.45) is 0. The van der Waals surface area contributed by atoms with Crippen LogP contribution in [-0.2, 0) is 5.41 Å². The Kier molecular flexibility index (Phi) is 6.09. The van der Waals surface area contributed by atoms with Gasteiger partial charge in [0.05, 0.1) is 0 Å². The van der Waals surface area contributed by atoms with Crippen molar-refractivity contribution in [2.75, 3.05) is 4.90 Å². The molecule has 1 aliphatic rings. The molecule has 0 fully saturated rings. The Morgan fingerprint density at radius 2 is 0.982 bits per heavy atom. The minimum Gasteiger partial charge on any atom is -0.456 e. The topological polar surface area (TPSA) is 42.7 Å². The van der Waals surface area contributed by atoms with Gasteiger partial charge in [-0.3, -0.25) is 0 Å². The highest BCUT2D eigenvalue weighted by atomic mass is 16.3. The van der Waals surface area contributed by atoms with E-state index in [1.807, 2.05) is 36.4 Å². The van der Waals surface area contributed by atoms with Gasteiger partial charge >= 0.3 is 0 Å². The van der Waals surface area contributed by atoms with Gasteiger partial charge in [0, 0.05) is 65.9 Å². The molecule has 55 heavy (non-hydrogen) atoms. The third-order valence-corrected chi connectivity index (χ3v) is 11.9. The number of para-hydroxylation sites is 4. The molecule has 8 aromatic carbocycles. The molecule has 0 saturated heterocycles. The fourth-order valence-electron chi connectivity index (χ4n) is 9.31. The second kappa shape index (κ2) is 11.0. The van der Waals surface area contributed by atoms with E-state index in [4.69, 9.17) is 13.3 Å². The van der Waals surface area contributed by atoms with Crippen molar-refractivity contribution in [2.45, 2.75) is 19.3 Å². The number of anilines is 3. The van der Waals surface area contributed by atoms with E-state index in [2.05, 4.69) is 146 Å². The summed E-state index contributed by atoms with van der Waals surface area (Å²) in [4.78, 5) is 2.38. The number of rotatable bonds is 4. The van der Waals surface area contributed by atoms with Gasteiger partial charge in [0.1, 0.15) is 33.5 Å². The zero-order chi connectivity index (χ0) is 36.4. The number of hydrogen-bond donors (Lipinski definition) is 0. The lowest BCUT2D eigenvalue weighted by molar-refractivity contribution is 0.660. The minimum atomic E-state index is -0.148. The van der Waals surface area contributed by atoms with E-state index in [0.29, 0.717) is 0 Å². The standard InChI is InChI=1S/C51H33NO3/c1-51(2)41-20-9-6-15-33(41)34-24-23-31(29-42(34)51)52(30-13-4-3-5-14-30)32-27-39(37-19-12-18-36-35-16-7-10-21-43(35)54-49(36)37)50-40(28-32)48-46(55-50)26-25-45-47(48)38-17-8-11-22-44(38)53-45/h3-29H,1-2H3. The molecule has 0 radical (unpaired) electrons. The molecule has 0 spiro atoms. The van der Waals surface area contributed by atoms with Gasteiger partial charge in [0.2, 0.25) is 0 Å². The molecule has 1 aliphatic carbocycles. The van der Waals surface area contributed by atoms with Crippen LogP contribution in [0.2, 0.25) is 0 Å². The van der Waals surface area contributed by atoms with E-state index >= 15 is 0 Å². The molecule has 0 unspecified atom stereocenters. The molecule has 0 saturated carbocycles. The Bertz CT molecular complexity index is 3360. The zero-order valence-corrected chi connectivity index (χ0v) is 30.3. The van der Waals surface area contributed by atoms with Crippen molar-refractivity contribution in [1.82, 2.24) is 0 Å². The lowest BCUT2D eigenvalue weighted by Gasteiger charge is -2.28. The van der Waals surface area contributed by atoms with Crippen LogP contribution in [0.25, 0.3) is 88.1 Å². The lowest BCUT2D eigenvalue weighted by Crippen LogP contribution is -2.16. The van der Waals surface area contributed by atoms with Crippen LogP contribution in [0, 0.1) is 0 Å². The number of benzene rings is 8. The van der Waals surface area contributed by atoms with E-state index in [1.165, 1.54) is 22.3 Å². The average molecular weight is 708 g/mol. The van der Waals surface area contributed by atoms with Crippen molar-refractivity contribution in [3.63, 3.8) is 0 Å². The Morgan fingerprint density at radius 3 is 1.84 bits per heavy atom. The van der Waals surface area contributed by atoms with Crippen LogP contribution in [0.15, 0.2) is 177 Å². The predicted octanol–water partition coefficient (Wildman–Crippen LogP) is 14.8. The molecule has 0 amide bonds. The van der Waals surface area contributed by atoms with Crippen molar-refractivity contribution in [2.24, 2.45) is 0 Å². The van der Waals surface area contributed by atoms with Crippen LogP contribution in [0.1, 0.15) is 25.0 Å². The summed E-state index contributed by atoms with van der Waals surface area (Å²) in [5.41, 5.74) is 15.3. The molecule has 0 atom stereocenters. The number of nitrogens with zero attached hydrogens (tertiary/aromatic N) is 1. The Hall–Kier alpha value is -7.04. The molecule has 3 aromatic heterocycles. The zero-order valence-electron chi connectivity index (χ0n) is 30.3. The van der Waals surface area contributed by atoms with E-state index in [0.717, 1.165) is 94.0 Å². The summed E-state index contributed by atoms with van der Waals surface area (Å²) >= 11 is 0. The monoisotopic (exact) mass is 707 g/mol. The summed E-state index contributed by atoms with van der Waals surface area (Å²) in [5, 5.41) is 6.35. The van der Waals surface area contributed by atoms with E-state index in [-0.39, 0.29) is 5.41 Å². The molecule has 4 nitrogen and oxygen atoms in total. The first-order chi connectivity index (χ1) is 27.0. The second-order valence-corrected chi connectivity index (χ2v) is 15.2. The molecule has 11 aromatic rings. The van der Waals surface area contributed by atoms with Crippen molar-refractivity contribution >= 4 is 82.9 Å². The summed E-state index contributed by atoms with van der Waals surface area (Å²) in [6, 6.07) is 58.0. The number of fused-ring (bicyclic) bond motifs is 13. The Labute approximate surface area is 316 Å². The van der Waals surface area contributed by atoms with Crippen LogP contribution in [0.5, 0.6) is 0 Å². The van der Waals surface area contributed by atoms with E-state index < -0.39 is 0 Å². The van der Waals surface area contributed by atoms with Crippen LogP contribution < -0.4 is 4.90 Å². The summed E-state index contributed by atoms with van der Waals surface area (Å²) in [5.74, 6) is 0. The maximum atomic E-state index is 6.96. The van der Waals surface area contributed by atoms with Gasteiger partial charge in [-0.2, -0.15) is 0 Å². The highest BCUT2D eigenvalue weighted by molar-refractivity contribution is 6.28. The first-order valence-electron chi connectivity index (χ1n) is 18.8. The molecule has 0 aliphatic heterocycles.